The normalized spacial score (nSPS) is 20.1. The van der Waals surface area contributed by atoms with Crippen LogP contribution in [0.3, 0.4) is 0 Å². The van der Waals surface area contributed by atoms with Crippen molar-refractivity contribution in [2.75, 3.05) is 0 Å². The molecular formula is C26H24N2O3S. The lowest BCUT2D eigenvalue weighted by atomic mass is 9.80. The number of aryl methyl sites for hydroxylation is 2. The standard InChI is InChI=1S/C26H24N2O3S/c1-18-8-11-22(12-9-18)32(30,31)28-25(29)17-24(20-6-4-3-5-7-20)26-23-13-10-19(2)16-21(23)14-15-27(26)28/h3-16,24,26H,17H2,1-2H3/t24-,26+/m1/s1. The maximum Gasteiger partial charge on any atom is 0.284 e. The van der Waals surface area contributed by atoms with Gasteiger partial charge in [0.25, 0.3) is 15.9 Å². The van der Waals surface area contributed by atoms with Crippen molar-refractivity contribution in [1.82, 2.24) is 9.42 Å². The number of sulfonamides is 1. The van der Waals surface area contributed by atoms with Gasteiger partial charge in [0.15, 0.2) is 0 Å². The van der Waals surface area contributed by atoms with E-state index in [1.807, 2.05) is 62.4 Å². The zero-order chi connectivity index (χ0) is 22.5. The quantitative estimate of drug-likeness (QED) is 0.574. The lowest BCUT2D eigenvalue weighted by Crippen LogP contribution is -2.55. The molecule has 3 aromatic carbocycles. The summed E-state index contributed by atoms with van der Waals surface area (Å²) >= 11 is 0. The first-order valence-electron chi connectivity index (χ1n) is 10.6. The number of amides is 1. The van der Waals surface area contributed by atoms with Gasteiger partial charge < -0.3 is 0 Å². The molecule has 1 fully saturated rings. The maximum absolute atomic E-state index is 13.6. The summed E-state index contributed by atoms with van der Waals surface area (Å²) in [5.74, 6) is -0.601. The highest BCUT2D eigenvalue weighted by molar-refractivity contribution is 7.89. The Balaban J connectivity index is 1.66. The van der Waals surface area contributed by atoms with E-state index in [-0.39, 0.29) is 23.3 Å². The van der Waals surface area contributed by atoms with E-state index in [4.69, 9.17) is 0 Å². The molecule has 2 aliphatic heterocycles. The molecule has 6 heteroatoms. The van der Waals surface area contributed by atoms with Crippen LogP contribution in [0.15, 0.2) is 83.9 Å². The fourth-order valence-corrected chi connectivity index (χ4v) is 6.08. The van der Waals surface area contributed by atoms with Crippen LogP contribution in [0.2, 0.25) is 0 Å². The van der Waals surface area contributed by atoms with E-state index in [1.54, 1.807) is 35.5 Å². The second-order valence-electron chi connectivity index (χ2n) is 8.45. The first-order chi connectivity index (χ1) is 15.4. The highest BCUT2D eigenvalue weighted by atomic mass is 32.2. The van der Waals surface area contributed by atoms with Crippen molar-refractivity contribution in [3.63, 3.8) is 0 Å². The molecule has 1 amide bonds. The van der Waals surface area contributed by atoms with Crippen LogP contribution in [0.5, 0.6) is 0 Å². The molecule has 5 rings (SSSR count). The van der Waals surface area contributed by atoms with Gasteiger partial charge in [0.1, 0.15) is 0 Å². The minimum Gasteiger partial charge on any atom is -0.272 e. The minimum atomic E-state index is -4.06. The summed E-state index contributed by atoms with van der Waals surface area (Å²) in [7, 11) is -4.06. The summed E-state index contributed by atoms with van der Waals surface area (Å²) in [5.41, 5.74) is 5.18. The predicted molar refractivity (Wildman–Crippen MR) is 124 cm³/mol. The summed E-state index contributed by atoms with van der Waals surface area (Å²) in [6.45, 7) is 3.93. The summed E-state index contributed by atoms with van der Waals surface area (Å²) in [5, 5.41) is 1.61. The Morgan fingerprint density at radius 2 is 1.56 bits per heavy atom. The van der Waals surface area contributed by atoms with Crippen LogP contribution < -0.4 is 0 Å². The highest BCUT2D eigenvalue weighted by Gasteiger charge is 2.47. The summed E-state index contributed by atoms with van der Waals surface area (Å²) in [6, 6.07) is 22.3. The van der Waals surface area contributed by atoms with Gasteiger partial charge in [-0.3, -0.25) is 9.80 Å². The average Bonchev–Trinajstić information content (AvgIpc) is 2.78. The largest absolute Gasteiger partial charge is 0.284 e. The van der Waals surface area contributed by atoms with Gasteiger partial charge in [0, 0.05) is 18.5 Å². The SMILES string of the molecule is Cc1ccc(S(=O)(=O)N2C(=O)C[C@H](c3ccccc3)[C@@H]3c4ccc(C)cc4C=CN32)cc1. The van der Waals surface area contributed by atoms with E-state index < -0.39 is 15.9 Å². The van der Waals surface area contributed by atoms with Crippen LogP contribution >= 0.6 is 0 Å². The first kappa shape index (κ1) is 20.5. The molecule has 0 aliphatic carbocycles. The number of hydrogen-bond donors (Lipinski definition) is 0. The summed E-state index contributed by atoms with van der Waals surface area (Å²) in [4.78, 5) is 13.5. The molecule has 3 aromatic rings. The molecule has 0 radical (unpaired) electrons. The Bertz CT molecular complexity index is 1310. The second kappa shape index (κ2) is 7.64. The van der Waals surface area contributed by atoms with Crippen molar-refractivity contribution in [3.8, 4) is 0 Å². The van der Waals surface area contributed by atoms with E-state index in [2.05, 4.69) is 6.07 Å². The Labute approximate surface area is 188 Å². The third-order valence-corrected chi connectivity index (χ3v) is 7.94. The number of benzene rings is 3. The zero-order valence-corrected chi connectivity index (χ0v) is 18.8. The minimum absolute atomic E-state index is 0.108. The molecule has 0 bridgehead atoms. The van der Waals surface area contributed by atoms with E-state index >= 15 is 0 Å². The van der Waals surface area contributed by atoms with E-state index in [0.29, 0.717) is 0 Å². The average molecular weight is 445 g/mol. The molecular weight excluding hydrogens is 420 g/mol. The van der Waals surface area contributed by atoms with Gasteiger partial charge in [-0.1, -0.05) is 71.8 Å². The van der Waals surface area contributed by atoms with Gasteiger partial charge in [0.05, 0.1) is 10.9 Å². The maximum atomic E-state index is 13.6. The van der Waals surface area contributed by atoms with Gasteiger partial charge in [-0.15, -0.1) is 4.41 Å². The van der Waals surface area contributed by atoms with E-state index in [1.165, 1.54) is 0 Å². The van der Waals surface area contributed by atoms with Gasteiger partial charge in [-0.2, -0.15) is 8.42 Å². The van der Waals surface area contributed by atoms with Crippen LogP contribution in [0.4, 0.5) is 0 Å². The highest BCUT2D eigenvalue weighted by Crippen LogP contribution is 2.48. The third-order valence-electron chi connectivity index (χ3n) is 6.23. The molecule has 2 heterocycles. The van der Waals surface area contributed by atoms with Crippen LogP contribution in [0.25, 0.3) is 6.08 Å². The van der Waals surface area contributed by atoms with E-state index in [9.17, 15) is 13.2 Å². The zero-order valence-electron chi connectivity index (χ0n) is 18.0. The van der Waals surface area contributed by atoms with Crippen LogP contribution in [0.1, 0.15) is 46.2 Å². The van der Waals surface area contributed by atoms with Gasteiger partial charge >= 0.3 is 0 Å². The van der Waals surface area contributed by atoms with Gasteiger partial charge in [0.2, 0.25) is 0 Å². The molecule has 1 saturated heterocycles. The Morgan fingerprint density at radius 3 is 2.28 bits per heavy atom. The summed E-state index contributed by atoms with van der Waals surface area (Å²) in [6.07, 6.45) is 3.72. The molecule has 32 heavy (non-hydrogen) atoms. The van der Waals surface area contributed by atoms with Crippen molar-refractivity contribution in [3.05, 3.63) is 107 Å². The Kier molecular flexibility index (Phi) is 4.90. The second-order valence-corrected chi connectivity index (χ2v) is 10.2. The molecule has 0 N–H and O–H groups in total. The molecule has 2 atom stereocenters. The van der Waals surface area contributed by atoms with Crippen molar-refractivity contribution in [1.29, 1.82) is 0 Å². The molecule has 0 unspecified atom stereocenters. The number of carbonyl (C=O) groups is 1. The van der Waals surface area contributed by atoms with Crippen LogP contribution in [-0.2, 0) is 14.8 Å². The molecule has 0 spiro atoms. The predicted octanol–water partition coefficient (Wildman–Crippen LogP) is 4.95. The first-order valence-corrected chi connectivity index (χ1v) is 12.1. The molecule has 2 aliphatic rings. The lowest BCUT2D eigenvalue weighted by Gasteiger charge is -2.48. The molecule has 162 valence electrons. The Morgan fingerprint density at radius 1 is 0.875 bits per heavy atom. The van der Waals surface area contributed by atoms with Crippen LogP contribution in [0, 0.1) is 13.8 Å². The van der Waals surface area contributed by atoms with Crippen molar-refractivity contribution < 1.29 is 13.2 Å². The summed E-state index contributed by atoms with van der Waals surface area (Å²) < 4.78 is 28.2. The number of carbonyl (C=O) groups excluding carboxylic acids is 1. The van der Waals surface area contributed by atoms with Crippen LogP contribution in [-0.4, -0.2) is 23.7 Å². The topological polar surface area (TPSA) is 57.7 Å². The van der Waals surface area contributed by atoms with E-state index in [0.717, 1.165) is 32.2 Å². The number of rotatable bonds is 3. The fourth-order valence-electron chi connectivity index (χ4n) is 4.65. The van der Waals surface area contributed by atoms with Crippen molar-refractivity contribution >= 4 is 22.0 Å². The third kappa shape index (κ3) is 3.31. The molecule has 0 saturated carbocycles. The number of hydrazine groups is 1. The number of nitrogens with zero attached hydrogens (tertiary/aromatic N) is 2. The van der Waals surface area contributed by atoms with Gasteiger partial charge in [-0.05, 0) is 48.7 Å². The molecule has 0 aromatic heterocycles. The smallest absolute Gasteiger partial charge is 0.272 e. The van der Waals surface area contributed by atoms with Crippen molar-refractivity contribution in [2.24, 2.45) is 0 Å². The fraction of sp³-hybridized carbons (Fsp3) is 0.192. The number of hydrogen-bond acceptors (Lipinski definition) is 4. The lowest BCUT2D eigenvalue weighted by molar-refractivity contribution is -0.144. The molecule has 5 nitrogen and oxygen atoms in total. The number of fused-ring (bicyclic) bond motifs is 3. The Hall–Kier alpha value is -3.38. The van der Waals surface area contributed by atoms with Gasteiger partial charge in [-0.25, -0.2) is 0 Å². The van der Waals surface area contributed by atoms with Crippen molar-refractivity contribution in [2.45, 2.75) is 37.1 Å². The monoisotopic (exact) mass is 444 g/mol.